The normalized spacial score (nSPS) is 42.6. The summed E-state index contributed by atoms with van der Waals surface area (Å²) in [6.45, 7) is 2.69. The van der Waals surface area contributed by atoms with Crippen LogP contribution in [-0.4, -0.2) is 18.5 Å². The number of furan rings is 1. The van der Waals surface area contributed by atoms with Crippen LogP contribution in [0.1, 0.15) is 50.7 Å². The van der Waals surface area contributed by atoms with E-state index < -0.39 is 0 Å². The number of cyclic esters (lactones) is 2. The Morgan fingerprint density at radius 1 is 1.24 bits per heavy atom. The van der Waals surface area contributed by atoms with Gasteiger partial charge in [0.05, 0.1) is 18.4 Å². The van der Waals surface area contributed by atoms with Gasteiger partial charge in [0.2, 0.25) is 0 Å². The van der Waals surface area contributed by atoms with E-state index in [4.69, 9.17) is 13.9 Å². The van der Waals surface area contributed by atoms with E-state index in [0.717, 1.165) is 43.2 Å². The van der Waals surface area contributed by atoms with Gasteiger partial charge in [0.25, 0.3) is 0 Å². The van der Waals surface area contributed by atoms with Gasteiger partial charge in [0.1, 0.15) is 12.7 Å². The minimum atomic E-state index is -0.268. The molecule has 1 saturated carbocycles. The summed E-state index contributed by atoms with van der Waals surface area (Å²) in [6.07, 6.45) is 9.33. The zero-order chi connectivity index (χ0) is 17.2. The van der Waals surface area contributed by atoms with Gasteiger partial charge in [-0.05, 0) is 49.5 Å². The smallest absolute Gasteiger partial charge is 0.334 e. The molecule has 5 heteroatoms. The highest BCUT2D eigenvalue weighted by atomic mass is 16.5. The van der Waals surface area contributed by atoms with E-state index in [0.29, 0.717) is 6.61 Å². The van der Waals surface area contributed by atoms with Crippen LogP contribution in [0.3, 0.4) is 0 Å². The maximum absolute atomic E-state index is 12.8. The Labute approximate surface area is 146 Å². The van der Waals surface area contributed by atoms with Crippen LogP contribution in [0, 0.1) is 22.7 Å². The molecule has 25 heavy (non-hydrogen) atoms. The van der Waals surface area contributed by atoms with Gasteiger partial charge in [-0.1, -0.05) is 13.0 Å². The van der Waals surface area contributed by atoms with E-state index in [1.54, 1.807) is 12.5 Å². The lowest BCUT2D eigenvalue weighted by Crippen LogP contribution is -2.57. The second-order valence-corrected chi connectivity index (χ2v) is 8.26. The first-order valence-electron chi connectivity index (χ1n) is 9.15. The molecule has 1 spiro atoms. The molecule has 2 aliphatic heterocycles. The molecule has 132 valence electrons. The first kappa shape index (κ1) is 15.2. The van der Waals surface area contributed by atoms with Gasteiger partial charge in [-0.2, -0.15) is 0 Å². The summed E-state index contributed by atoms with van der Waals surface area (Å²) in [6, 6.07) is 1.87. The van der Waals surface area contributed by atoms with Crippen LogP contribution in [-0.2, 0) is 19.1 Å². The number of ether oxygens (including phenoxy) is 2. The van der Waals surface area contributed by atoms with Gasteiger partial charge < -0.3 is 13.9 Å². The molecule has 3 fully saturated rings. The summed E-state index contributed by atoms with van der Waals surface area (Å²) in [7, 11) is 0. The molecule has 5 rings (SSSR count). The van der Waals surface area contributed by atoms with E-state index in [1.807, 2.05) is 6.07 Å². The molecule has 4 aliphatic rings. The zero-order valence-corrected chi connectivity index (χ0v) is 14.3. The third kappa shape index (κ3) is 1.89. The van der Waals surface area contributed by atoms with Crippen molar-refractivity contribution in [3.8, 4) is 0 Å². The van der Waals surface area contributed by atoms with Crippen molar-refractivity contribution >= 4 is 11.9 Å². The summed E-state index contributed by atoms with van der Waals surface area (Å²) in [4.78, 5) is 25.0. The van der Waals surface area contributed by atoms with Crippen molar-refractivity contribution in [2.75, 3.05) is 6.61 Å². The zero-order valence-electron chi connectivity index (χ0n) is 14.3. The second-order valence-electron chi connectivity index (χ2n) is 8.26. The Morgan fingerprint density at radius 2 is 2.12 bits per heavy atom. The van der Waals surface area contributed by atoms with Gasteiger partial charge in [-0.3, -0.25) is 4.79 Å². The van der Waals surface area contributed by atoms with Crippen molar-refractivity contribution in [3.63, 3.8) is 0 Å². The largest absolute Gasteiger partial charge is 0.472 e. The topological polar surface area (TPSA) is 65.7 Å². The molecule has 0 aromatic carbocycles. The average molecular weight is 342 g/mol. The lowest BCUT2D eigenvalue weighted by molar-refractivity contribution is -0.192. The Hall–Kier alpha value is -2.04. The van der Waals surface area contributed by atoms with Crippen molar-refractivity contribution < 1.29 is 23.5 Å². The average Bonchev–Trinajstić information content (AvgIpc) is 3.23. The number of carbonyl (C=O) groups is 2. The Bertz CT molecular complexity index is 763. The van der Waals surface area contributed by atoms with Crippen LogP contribution in [0.4, 0.5) is 0 Å². The van der Waals surface area contributed by atoms with E-state index in [9.17, 15) is 9.59 Å². The predicted octanol–water partition coefficient (Wildman–Crippen LogP) is 3.56. The summed E-state index contributed by atoms with van der Waals surface area (Å²) >= 11 is 0. The Kier molecular flexibility index (Phi) is 3.04. The fraction of sp³-hybridized carbons (Fsp3) is 0.600. The fourth-order valence-corrected chi connectivity index (χ4v) is 6.09. The molecular formula is C20H22O5. The summed E-state index contributed by atoms with van der Waals surface area (Å²) in [5.41, 5.74) is 1.38. The van der Waals surface area contributed by atoms with E-state index in [1.165, 1.54) is 0 Å². The SMILES string of the molecule is C[C@@]12C[C@@H](c3ccoc3)OC(=O)[C@H]1CC[C@]13COC(=O)C1=CCC[C@H]32. The van der Waals surface area contributed by atoms with Gasteiger partial charge in [-0.25, -0.2) is 4.79 Å². The minimum Gasteiger partial charge on any atom is -0.472 e. The lowest BCUT2D eigenvalue weighted by atomic mass is 9.46. The monoisotopic (exact) mass is 342 g/mol. The third-order valence-corrected chi connectivity index (χ3v) is 7.24. The maximum Gasteiger partial charge on any atom is 0.334 e. The Balaban J connectivity index is 1.57. The molecule has 3 heterocycles. The van der Waals surface area contributed by atoms with E-state index in [-0.39, 0.29) is 40.7 Å². The second kappa shape index (κ2) is 4.99. The number of carbonyl (C=O) groups excluding carboxylic acids is 2. The molecule has 1 aromatic heterocycles. The van der Waals surface area contributed by atoms with Gasteiger partial charge >= 0.3 is 11.9 Å². The molecule has 0 bridgehead atoms. The van der Waals surface area contributed by atoms with Crippen LogP contribution in [0.25, 0.3) is 0 Å². The molecular weight excluding hydrogens is 320 g/mol. The maximum atomic E-state index is 12.8. The van der Waals surface area contributed by atoms with Crippen molar-refractivity contribution in [1.29, 1.82) is 0 Å². The first-order chi connectivity index (χ1) is 12.0. The van der Waals surface area contributed by atoms with Crippen LogP contribution in [0.15, 0.2) is 34.7 Å². The molecule has 5 atom stereocenters. The molecule has 2 saturated heterocycles. The first-order valence-corrected chi connectivity index (χ1v) is 9.15. The highest BCUT2D eigenvalue weighted by molar-refractivity contribution is 5.93. The van der Waals surface area contributed by atoms with Gasteiger partial charge in [0.15, 0.2) is 0 Å². The number of rotatable bonds is 1. The lowest BCUT2D eigenvalue weighted by Gasteiger charge is -2.58. The van der Waals surface area contributed by atoms with Crippen LogP contribution < -0.4 is 0 Å². The molecule has 0 amide bonds. The number of hydrogen-bond donors (Lipinski definition) is 0. The minimum absolute atomic E-state index is 0.0960. The number of esters is 2. The number of fused-ring (bicyclic) bond motifs is 2. The van der Waals surface area contributed by atoms with Gasteiger partial charge in [-0.15, -0.1) is 0 Å². The summed E-state index contributed by atoms with van der Waals surface area (Å²) < 4.78 is 16.4. The van der Waals surface area contributed by atoms with Crippen LogP contribution >= 0.6 is 0 Å². The van der Waals surface area contributed by atoms with Crippen molar-refractivity contribution in [2.45, 2.75) is 45.1 Å². The standard InChI is InChI=1S/C20H22O5/c1-19-9-15(12-6-8-23-10-12)25-18(22)13(19)5-7-20-11-24-17(21)14(20)3-2-4-16(19)20/h3,6,8,10,13,15-16H,2,4-5,7,9,11H2,1H3/t13-,15+,16+,19-,20+/m1/s1. The van der Waals surface area contributed by atoms with E-state index >= 15 is 0 Å². The highest BCUT2D eigenvalue weighted by Crippen LogP contribution is 2.66. The molecule has 0 unspecified atom stereocenters. The Morgan fingerprint density at radius 3 is 2.92 bits per heavy atom. The van der Waals surface area contributed by atoms with Crippen LogP contribution in [0.2, 0.25) is 0 Å². The number of hydrogen-bond acceptors (Lipinski definition) is 5. The quantitative estimate of drug-likeness (QED) is 0.730. The third-order valence-electron chi connectivity index (χ3n) is 7.24. The predicted molar refractivity (Wildman–Crippen MR) is 87.2 cm³/mol. The molecule has 0 N–H and O–H groups in total. The van der Waals surface area contributed by atoms with Crippen molar-refractivity contribution in [1.82, 2.24) is 0 Å². The molecule has 0 radical (unpaired) electrons. The fourth-order valence-electron chi connectivity index (χ4n) is 6.09. The summed E-state index contributed by atoms with van der Waals surface area (Å²) in [5, 5.41) is 0. The van der Waals surface area contributed by atoms with E-state index in [2.05, 4.69) is 13.0 Å². The molecule has 2 aliphatic carbocycles. The molecule has 5 nitrogen and oxygen atoms in total. The van der Waals surface area contributed by atoms with Crippen molar-refractivity contribution in [2.24, 2.45) is 22.7 Å². The number of allylic oxidation sites excluding steroid dienone is 1. The van der Waals surface area contributed by atoms with Gasteiger partial charge in [0, 0.05) is 16.6 Å². The highest BCUT2D eigenvalue weighted by Gasteiger charge is 2.65. The molecule has 1 aromatic rings. The van der Waals surface area contributed by atoms with Crippen LogP contribution in [0.5, 0.6) is 0 Å². The summed E-state index contributed by atoms with van der Waals surface area (Å²) in [5.74, 6) is -0.0820. The van der Waals surface area contributed by atoms with Crippen molar-refractivity contribution in [3.05, 3.63) is 35.8 Å².